The van der Waals surface area contributed by atoms with Crippen LogP contribution in [-0.4, -0.2) is 28.9 Å². The number of likely N-dealkylation sites (tertiary alicyclic amines) is 1. The Hall–Kier alpha value is -1.16. The number of hydrogen-bond acceptors (Lipinski definition) is 2. The van der Waals surface area contributed by atoms with E-state index in [9.17, 15) is 9.90 Å². The van der Waals surface area contributed by atoms with Crippen LogP contribution in [0.2, 0.25) is 0 Å². The lowest BCUT2D eigenvalue weighted by Crippen LogP contribution is -2.37. The van der Waals surface area contributed by atoms with Gasteiger partial charge in [-0.1, -0.05) is 12.1 Å². The van der Waals surface area contributed by atoms with E-state index >= 15 is 0 Å². The third-order valence-electron chi connectivity index (χ3n) is 3.25. The highest BCUT2D eigenvalue weighted by Gasteiger charge is 2.27. The van der Waals surface area contributed by atoms with Crippen molar-refractivity contribution >= 4 is 17.9 Å². The van der Waals surface area contributed by atoms with Crippen LogP contribution in [-0.2, 0) is 0 Å². The quantitative estimate of drug-likeness (QED) is 0.816. The summed E-state index contributed by atoms with van der Waals surface area (Å²) >= 11 is 1.70. The van der Waals surface area contributed by atoms with Gasteiger partial charge in [0.15, 0.2) is 0 Å². The molecule has 2 rings (SSSR count). The molecule has 1 N–H and O–H groups in total. The lowest BCUT2D eigenvalue weighted by molar-refractivity contribution is 0.106. The Morgan fingerprint density at radius 3 is 2.65 bits per heavy atom. The molecule has 1 unspecified atom stereocenters. The van der Waals surface area contributed by atoms with Crippen molar-refractivity contribution in [2.75, 3.05) is 12.8 Å². The van der Waals surface area contributed by atoms with Crippen LogP contribution in [0.3, 0.4) is 0 Å². The molecule has 92 valence electrons. The van der Waals surface area contributed by atoms with Crippen molar-refractivity contribution in [3.8, 4) is 0 Å². The van der Waals surface area contributed by atoms with Gasteiger partial charge < -0.3 is 10.0 Å². The Kier molecular flexibility index (Phi) is 3.94. The number of hydrogen-bond donors (Lipinski definition) is 1. The van der Waals surface area contributed by atoms with E-state index < -0.39 is 6.09 Å². The lowest BCUT2D eigenvalue weighted by atomic mass is 9.96. The molecule has 1 aliphatic rings. The first kappa shape index (κ1) is 12.3. The second kappa shape index (κ2) is 5.45. The van der Waals surface area contributed by atoms with Crippen molar-refractivity contribution in [3.05, 3.63) is 29.8 Å². The van der Waals surface area contributed by atoms with Crippen LogP contribution in [0.4, 0.5) is 4.79 Å². The molecule has 0 aliphatic carbocycles. The van der Waals surface area contributed by atoms with Crippen LogP contribution in [0.1, 0.15) is 30.9 Å². The highest BCUT2D eigenvalue weighted by Crippen LogP contribution is 2.31. The number of piperidine rings is 1. The van der Waals surface area contributed by atoms with Crippen LogP contribution < -0.4 is 0 Å². The van der Waals surface area contributed by atoms with Gasteiger partial charge in [-0.15, -0.1) is 11.8 Å². The summed E-state index contributed by atoms with van der Waals surface area (Å²) in [6, 6.07) is 8.27. The average Bonchev–Trinajstić information content (AvgIpc) is 2.39. The number of amides is 1. The van der Waals surface area contributed by atoms with Crippen molar-refractivity contribution in [1.82, 2.24) is 4.90 Å². The highest BCUT2D eigenvalue weighted by atomic mass is 32.2. The predicted octanol–water partition coefficient (Wildman–Crippen LogP) is 3.61. The second-order valence-corrected chi connectivity index (χ2v) is 5.14. The van der Waals surface area contributed by atoms with Gasteiger partial charge in [-0.2, -0.15) is 0 Å². The normalized spacial score (nSPS) is 20.3. The van der Waals surface area contributed by atoms with Gasteiger partial charge in [0.1, 0.15) is 0 Å². The maximum atomic E-state index is 11.2. The first-order chi connectivity index (χ1) is 8.22. The number of carboxylic acid groups (broad SMARTS) is 1. The highest BCUT2D eigenvalue weighted by molar-refractivity contribution is 7.98. The summed E-state index contributed by atoms with van der Waals surface area (Å²) in [5.74, 6) is 0. The minimum atomic E-state index is -0.802. The van der Waals surface area contributed by atoms with E-state index in [-0.39, 0.29) is 6.04 Å². The number of carbonyl (C=O) groups is 1. The number of benzene rings is 1. The van der Waals surface area contributed by atoms with Gasteiger partial charge in [0.05, 0.1) is 6.04 Å². The van der Waals surface area contributed by atoms with Crippen LogP contribution in [0.25, 0.3) is 0 Å². The monoisotopic (exact) mass is 251 g/mol. The molecule has 0 spiro atoms. The van der Waals surface area contributed by atoms with Crippen LogP contribution in [0.15, 0.2) is 29.2 Å². The SMILES string of the molecule is CSc1ccc(C2CCCCN2C(=O)O)cc1. The van der Waals surface area contributed by atoms with Gasteiger partial charge in [-0.25, -0.2) is 4.79 Å². The van der Waals surface area contributed by atoms with Crippen LogP contribution >= 0.6 is 11.8 Å². The molecular formula is C13H17NO2S. The van der Waals surface area contributed by atoms with Crippen molar-refractivity contribution in [1.29, 1.82) is 0 Å². The molecule has 17 heavy (non-hydrogen) atoms. The standard InChI is InChI=1S/C13H17NO2S/c1-17-11-7-5-10(6-8-11)12-4-2-3-9-14(12)13(15)16/h5-8,12H,2-4,9H2,1H3,(H,15,16). The maximum Gasteiger partial charge on any atom is 0.407 e. The number of rotatable bonds is 2. The van der Waals surface area contributed by atoms with E-state index in [2.05, 4.69) is 24.3 Å². The first-order valence-electron chi connectivity index (χ1n) is 5.86. The molecule has 4 heteroatoms. The summed E-state index contributed by atoms with van der Waals surface area (Å²) < 4.78 is 0. The summed E-state index contributed by atoms with van der Waals surface area (Å²) in [7, 11) is 0. The predicted molar refractivity (Wildman–Crippen MR) is 69.5 cm³/mol. The summed E-state index contributed by atoms with van der Waals surface area (Å²) in [4.78, 5) is 14.0. The molecule has 1 fully saturated rings. The number of thioether (sulfide) groups is 1. The van der Waals surface area contributed by atoms with E-state index in [4.69, 9.17) is 0 Å². The average molecular weight is 251 g/mol. The fraction of sp³-hybridized carbons (Fsp3) is 0.462. The lowest BCUT2D eigenvalue weighted by Gasteiger charge is -2.33. The fourth-order valence-corrected chi connectivity index (χ4v) is 2.74. The van der Waals surface area contributed by atoms with E-state index in [1.807, 2.05) is 6.26 Å². The molecule has 1 aromatic rings. The molecule has 0 bridgehead atoms. The van der Waals surface area contributed by atoms with Gasteiger partial charge in [0.25, 0.3) is 0 Å². The smallest absolute Gasteiger partial charge is 0.407 e. The molecule has 3 nitrogen and oxygen atoms in total. The summed E-state index contributed by atoms with van der Waals surface area (Å²) in [6.07, 6.45) is 4.26. The van der Waals surface area contributed by atoms with E-state index in [0.29, 0.717) is 6.54 Å². The van der Waals surface area contributed by atoms with E-state index in [1.54, 1.807) is 16.7 Å². The Balaban J connectivity index is 2.20. The Labute approximate surface area is 106 Å². The summed E-state index contributed by atoms with van der Waals surface area (Å²) in [6.45, 7) is 0.657. The number of nitrogens with zero attached hydrogens (tertiary/aromatic N) is 1. The molecule has 0 saturated carbocycles. The van der Waals surface area contributed by atoms with Gasteiger partial charge in [0.2, 0.25) is 0 Å². The minimum absolute atomic E-state index is 0.0390. The summed E-state index contributed by atoms with van der Waals surface area (Å²) in [5, 5.41) is 9.19. The Morgan fingerprint density at radius 1 is 1.35 bits per heavy atom. The molecule has 1 amide bonds. The zero-order valence-electron chi connectivity index (χ0n) is 9.93. The minimum Gasteiger partial charge on any atom is -0.465 e. The third kappa shape index (κ3) is 2.75. The Bertz CT molecular complexity index is 391. The zero-order valence-corrected chi connectivity index (χ0v) is 10.7. The molecule has 1 aliphatic heterocycles. The first-order valence-corrected chi connectivity index (χ1v) is 7.08. The van der Waals surface area contributed by atoms with Crippen LogP contribution in [0.5, 0.6) is 0 Å². The molecule has 1 saturated heterocycles. The summed E-state index contributed by atoms with van der Waals surface area (Å²) in [5.41, 5.74) is 1.12. The van der Waals surface area contributed by atoms with Crippen molar-refractivity contribution in [3.63, 3.8) is 0 Å². The van der Waals surface area contributed by atoms with E-state index in [1.165, 1.54) is 4.90 Å². The fourth-order valence-electron chi connectivity index (χ4n) is 2.33. The van der Waals surface area contributed by atoms with Crippen molar-refractivity contribution < 1.29 is 9.90 Å². The van der Waals surface area contributed by atoms with E-state index in [0.717, 1.165) is 24.8 Å². The van der Waals surface area contributed by atoms with Gasteiger partial charge in [-0.05, 0) is 43.2 Å². The molecule has 1 heterocycles. The van der Waals surface area contributed by atoms with Crippen LogP contribution in [0, 0.1) is 0 Å². The molecular weight excluding hydrogens is 234 g/mol. The molecule has 0 aromatic heterocycles. The van der Waals surface area contributed by atoms with Crippen molar-refractivity contribution in [2.45, 2.75) is 30.2 Å². The van der Waals surface area contributed by atoms with Gasteiger partial charge in [-0.3, -0.25) is 0 Å². The van der Waals surface area contributed by atoms with Gasteiger partial charge in [0, 0.05) is 11.4 Å². The van der Waals surface area contributed by atoms with Gasteiger partial charge >= 0.3 is 6.09 Å². The largest absolute Gasteiger partial charge is 0.465 e. The zero-order chi connectivity index (χ0) is 12.3. The molecule has 1 aromatic carbocycles. The van der Waals surface area contributed by atoms with Crippen molar-refractivity contribution in [2.24, 2.45) is 0 Å². The third-order valence-corrected chi connectivity index (χ3v) is 3.99. The second-order valence-electron chi connectivity index (χ2n) is 4.26. The Morgan fingerprint density at radius 2 is 2.06 bits per heavy atom. The maximum absolute atomic E-state index is 11.2. The molecule has 0 radical (unpaired) electrons. The topological polar surface area (TPSA) is 40.5 Å². The molecule has 1 atom stereocenters.